The second-order valence-corrected chi connectivity index (χ2v) is 4.37. The number of rotatable bonds is 0. The van der Waals surface area contributed by atoms with Gasteiger partial charge in [-0.2, -0.15) is 0 Å². The van der Waals surface area contributed by atoms with Gasteiger partial charge in [0.2, 0.25) is 0 Å². The lowest BCUT2D eigenvalue weighted by Crippen LogP contribution is -2.09. The first-order chi connectivity index (χ1) is 6.09. The average Bonchev–Trinajstić information content (AvgIpc) is 2.45. The molecule has 68 valence electrons. The molecular weight excluding hydrogens is 160 g/mol. The molecule has 0 radical (unpaired) electrons. The van der Waals surface area contributed by atoms with Crippen molar-refractivity contribution in [2.75, 3.05) is 0 Å². The molecule has 0 aliphatic carbocycles. The number of H-pyrrole nitrogens is 1. The Labute approximate surface area is 78.0 Å². The van der Waals surface area contributed by atoms with E-state index in [0.29, 0.717) is 0 Å². The number of aromatic nitrogens is 2. The first-order valence-corrected chi connectivity index (χ1v) is 4.50. The molecule has 0 amide bonds. The van der Waals surface area contributed by atoms with Crippen LogP contribution in [0.25, 0.3) is 10.9 Å². The maximum Gasteiger partial charge on any atom is 0.0488 e. The maximum atomic E-state index is 4.14. The Kier molecular flexibility index (Phi) is 1.65. The summed E-state index contributed by atoms with van der Waals surface area (Å²) in [7, 11) is 0. The van der Waals surface area contributed by atoms with Crippen LogP contribution in [0.3, 0.4) is 0 Å². The first-order valence-electron chi connectivity index (χ1n) is 4.50. The molecule has 2 rings (SSSR count). The molecule has 0 fully saturated rings. The quantitative estimate of drug-likeness (QED) is 0.653. The lowest BCUT2D eigenvalue weighted by atomic mass is 9.87. The van der Waals surface area contributed by atoms with E-state index in [1.54, 1.807) is 0 Å². The van der Waals surface area contributed by atoms with Crippen LogP contribution in [0.15, 0.2) is 24.7 Å². The van der Waals surface area contributed by atoms with Crippen LogP contribution in [0.4, 0.5) is 0 Å². The molecule has 13 heavy (non-hydrogen) atoms. The third-order valence-electron chi connectivity index (χ3n) is 2.29. The number of hydrogen-bond acceptors (Lipinski definition) is 1. The second-order valence-electron chi connectivity index (χ2n) is 4.37. The van der Waals surface area contributed by atoms with Crippen LogP contribution in [0.2, 0.25) is 0 Å². The Hall–Kier alpha value is -1.31. The Balaban J connectivity index is 2.72. The fraction of sp³-hybridized carbons (Fsp3) is 0.364. The molecule has 0 saturated carbocycles. The minimum atomic E-state index is 0.182. The molecule has 2 aromatic rings. The summed E-state index contributed by atoms with van der Waals surface area (Å²) in [6.45, 7) is 6.63. The summed E-state index contributed by atoms with van der Waals surface area (Å²) in [6.07, 6.45) is 5.81. The molecule has 0 aromatic carbocycles. The van der Waals surface area contributed by atoms with Gasteiger partial charge in [-0.15, -0.1) is 0 Å². The third-order valence-corrected chi connectivity index (χ3v) is 2.29. The van der Waals surface area contributed by atoms with Crippen LogP contribution in [-0.4, -0.2) is 9.97 Å². The highest BCUT2D eigenvalue weighted by Crippen LogP contribution is 2.28. The van der Waals surface area contributed by atoms with Gasteiger partial charge in [-0.1, -0.05) is 20.8 Å². The van der Waals surface area contributed by atoms with Crippen molar-refractivity contribution < 1.29 is 0 Å². The van der Waals surface area contributed by atoms with Crippen molar-refractivity contribution in [2.24, 2.45) is 0 Å². The predicted molar refractivity (Wildman–Crippen MR) is 54.8 cm³/mol. The first kappa shape index (κ1) is 8.30. The molecule has 0 spiro atoms. The molecule has 0 saturated heterocycles. The van der Waals surface area contributed by atoms with Crippen LogP contribution < -0.4 is 0 Å². The number of pyridine rings is 1. The van der Waals surface area contributed by atoms with E-state index in [4.69, 9.17) is 0 Å². The fourth-order valence-electron chi connectivity index (χ4n) is 1.58. The van der Waals surface area contributed by atoms with Crippen LogP contribution in [-0.2, 0) is 5.41 Å². The van der Waals surface area contributed by atoms with Crippen molar-refractivity contribution in [3.63, 3.8) is 0 Å². The lowest BCUT2D eigenvalue weighted by Gasteiger charge is -2.16. The molecule has 0 aliphatic rings. The molecule has 1 N–H and O–H groups in total. The van der Waals surface area contributed by atoms with E-state index in [1.807, 2.05) is 18.5 Å². The third kappa shape index (κ3) is 1.32. The van der Waals surface area contributed by atoms with Gasteiger partial charge in [0.25, 0.3) is 0 Å². The van der Waals surface area contributed by atoms with Crippen molar-refractivity contribution in [3.05, 3.63) is 30.2 Å². The maximum absolute atomic E-state index is 4.14. The summed E-state index contributed by atoms with van der Waals surface area (Å²) in [5, 5.41) is 1.23. The summed E-state index contributed by atoms with van der Waals surface area (Å²) >= 11 is 0. The number of fused-ring (bicyclic) bond motifs is 1. The number of nitrogens with zero attached hydrogens (tertiary/aromatic N) is 1. The molecule has 0 bridgehead atoms. The number of hydrogen-bond donors (Lipinski definition) is 1. The van der Waals surface area contributed by atoms with Gasteiger partial charge in [0.1, 0.15) is 0 Å². The molecular formula is C11H14N2. The standard InChI is InChI=1S/C11H14N2/c1-11(2,3)9-7-13-10-4-5-12-6-8(9)10/h4-7,13H,1-3H3. The SMILES string of the molecule is CC(C)(C)c1c[nH]c2ccncc12. The van der Waals surface area contributed by atoms with Gasteiger partial charge >= 0.3 is 0 Å². The zero-order valence-electron chi connectivity index (χ0n) is 8.26. The fourth-order valence-corrected chi connectivity index (χ4v) is 1.58. The normalized spacial score (nSPS) is 12.2. The minimum absolute atomic E-state index is 0.182. The van der Waals surface area contributed by atoms with E-state index < -0.39 is 0 Å². The molecule has 2 aromatic heterocycles. The molecule has 2 heteroatoms. The highest BCUT2D eigenvalue weighted by Gasteiger charge is 2.17. The van der Waals surface area contributed by atoms with Crippen molar-refractivity contribution in [1.82, 2.24) is 9.97 Å². The minimum Gasteiger partial charge on any atom is -0.361 e. The van der Waals surface area contributed by atoms with Gasteiger partial charge in [-0.05, 0) is 17.0 Å². The largest absolute Gasteiger partial charge is 0.361 e. The monoisotopic (exact) mass is 174 g/mol. The van der Waals surface area contributed by atoms with Crippen LogP contribution in [0.5, 0.6) is 0 Å². The molecule has 0 unspecified atom stereocenters. The van der Waals surface area contributed by atoms with Crippen LogP contribution in [0, 0.1) is 0 Å². The van der Waals surface area contributed by atoms with Gasteiger partial charge in [0, 0.05) is 29.5 Å². The van der Waals surface area contributed by atoms with E-state index in [0.717, 1.165) is 0 Å². The summed E-state index contributed by atoms with van der Waals surface area (Å²) in [5.41, 5.74) is 2.68. The van der Waals surface area contributed by atoms with Gasteiger partial charge in [0.15, 0.2) is 0 Å². The molecule has 0 atom stereocenters. The lowest BCUT2D eigenvalue weighted by molar-refractivity contribution is 0.595. The van der Waals surface area contributed by atoms with E-state index in [-0.39, 0.29) is 5.41 Å². The highest BCUT2D eigenvalue weighted by molar-refractivity contribution is 5.83. The van der Waals surface area contributed by atoms with Crippen molar-refractivity contribution in [1.29, 1.82) is 0 Å². The van der Waals surface area contributed by atoms with Gasteiger partial charge in [0.05, 0.1) is 0 Å². The van der Waals surface area contributed by atoms with Crippen molar-refractivity contribution >= 4 is 10.9 Å². The van der Waals surface area contributed by atoms with Crippen LogP contribution >= 0.6 is 0 Å². The highest BCUT2D eigenvalue weighted by atomic mass is 14.7. The van der Waals surface area contributed by atoms with Crippen LogP contribution in [0.1, 0.15) is 26.3 Å². The summed E-state index contributed by atoms with van der Waals surface area (Å²) in [4.78, 5) is 7.39. The van der Waals surface area contributed by atoms with Gasteiger partial charge in [-0.25, -0.2) is 0 Å². The summed E-state index contributed by atoms with van der Waals surface area (Å²) < 4.78 is 0. The van der Waals surface area contributed by atoms with Crippen molar-refractivity contribution in [2.45, 2.75) is 26.2 Å². The number of aromatic amines is 1. The van der Waals surface area contributed by atoms with Crippen molar-refractivity contribution in [3.8, 4) is 0 Å². The Bertz CT molecular complexity index is 421. The Morgan fingerprint density at radius 3 is 2.77 bits per heavy atom. The summed E-state index contributed by atoms with van der Waals surface area (Å²) in [6, 6.07) is 2.00. The molecule has 0 aliphatic heterocycles. The zero-order valence-corrected chi connectivity index (χ0v) is 8.26. The molecule has 2 nitrogen and oxygen atoms in total. The zero-order chi connectivity index (χ0) is 9.47. The van der Waals surface area contributed by atoms with E-state index in [9.17, 15) is 0 Å². The Morgan fingerprint density at radius 2 is 2.08 bits per heavy atom. The van der Waals surface area contributed by atoms with Gasteiger partial charge in [-0.3, -0.25) is 4.98 Å². The predicted octanol–water partition coefficient (Wildman–Crippen LogP) is 2.86. The summed E-state index contributed by atoms with van der Waals surface area (Å²) in [5.74, 6) is 0. The average molecular weight is 174 g/mol. The second kappa shape index (κ2) is 2.59. The molecule has 2 heterocycles. The Morgan fingerprint density at radius 1 is 1.31 bits per heavy atom. The van der Waals surface area contributed by atoms with Gasteiger partial charge < -0.3 is 4.98 Å². The number of nitrogens with one attached hydrogen (secondary N) is 1. The topological polar surface area (TPSA) is 28.7 Å². The van der Waals surface area contributed by atoms with E-state index >= 15 is 0 Å². The van der Waals surface area contributed by atoms with E-state index in [1.165, 1.54) is 16.5 Å². The smallest absolute Gasteiger partial charge is 0.0488 e. The van der Waals surface area contributed by atoms with E-state index in [2.05, 4.69) is 36.9 Å².